The van der Waals surface area contributed by atoms with E-state index in [9.17, 15) is 29.4 Å². The minimum Gasteiger partial charge on any atom is -0.550 e. The summed E-state index contributed by atoms with van der Waals surface area (Å²) in [5.74, 6) is -2.73. The van der Waals surface area contributed by atoms with Crippen molar-refractivity contribution in [1.29, 1.82) is 0 Å². The molecule has 81 heavy (non-hydrogen) atoms. The number of aliphatic carboxylic acids is 2. The Morgan fingerprint density at radius 3 is 0.556 bits per heavy atom. The average molecular weight is 1200 g/mol. The molecule has 0 aromatic heterocycles. The van der Waals surface area contributed by atoms with Crippen molar-refractivity contribution < 1.29 is 58.3 Å². The minimum atomic E-state index is -1.13. The van der Waals surface area contributed by atoms with Crippen molar-refractivity contribution in [2.75, 3.05) is 0 Å². The molecule has 0 bridgehead atoms. The second-order valence-electron chi connectivity index (χ2n) is 24.8. The third kappa shape index (κ3) is 74.6. The second kappa shape index (κ2) is 72.8. The molecule has 0 aliphatic carbocycles. The molecule has 2 unspecified atom stereocenters. The molecule has 8 nitrogen and oxygen atoms in total. The van der Waals surface area contributed by atoms with Crippen molar-refractivity contribution in [2.24, 2.45) is 0 Å². The predicted molar refractivity (Wildman–Crippen MR) is 339 cm³/mol. The molecule has 0 aromatic carbocycles. The van der Waals surface area contributed by atoms with Crippen molar-refractivity contribution in [2.45, 2.75) is 438 Å². The molecule has 0 spiro atoms. The van der Waals surface area contributed by atoms with Crippen LogP contribution in [0.3, 0.4) is 0 Å². The zero-order valence-corrected chi connectivity index (χ0v) is 57.9. The van der Waals surface area contributed by atoms with Gasteiger partial charge in [0.25, 0.3) is 0 Å². The van der Waals surface area contributed by atoms with Crippen molar-refractivity contribution in [1.82, 2.24) is 0 Å². The maximum Gasteiger partial charge on any atom is 2.00 e. The summed E-state index contributed by atoms with van der Waals surface area (Å²) < 4.78 is 11.1. The standard InChI is InChI=1S/2C36H70O4.Zn/c2*1-3-5-7-9-11-13-15-17-18-20-22-24-26-28-30-32-36(39)40-34(33-35(37)38)31-29-27-25-23-21-19-16-14-12-10-8-6-4-2;/h2*34H,3-33H2,1-2H3,(H,37,38);/q;;+2/p-2. The van der Waals surface area contributed by atoms with Crippen LogP contribution in [0, 0.1) is 0 Å². The Morgan fingerprint density at radius 1 is 0.247 bits per heavy atom. The first-order valence-electron chi connectivity index (χ1n) is 36.0. The van der Waals surface area contributed by atoms with Crippen LogP contribution in [0.2, 0.25) is 0 Å². The van der Waals surface area contributed by atoms with Gasteiger partial charge >= 0.3 is 31.4 Å². The number of hydrogen-bond acceptors (Lipinski definition) is 8. The monoisotopic (exact) mass is 1190 g/mol. The van der Waals surface area contributed by atoms with E-state index in [0.29, 0.717) is 25.7 Å². The quantitative estimate of drug-likeness (QED) is 0.0334. The number of unbranched alkanes of at least 4 members (excludes halogenated alkanes) is 52. The molecule has 0 aliphatic heterocycles. The van der Waals surface area contributed by atoms with Crippen LogP contribution >= 0.6 is 0 Å². The van der Waals surface area contributed by atoms with Crippen LogP contribution < -0.4 is 10.2 Å². The molecule has 9 heteroatoms. The first-order valence-corrected chi connectivity index (χ1v) is 36.0. The Balaban J connectivity index is -0.00000148. The van der Waals surface area contributed by atoms with Gasteiger partial charge in [0.1, 0.15) is 12.2 Å². The van der Waals surface area contributed by atoms with Gasteiger partial charge < -0.3 is 29.3 Å². The van der Waals surface area contributed by atoms with Crippen LogP contribution in [-0.4, -0.2) is 36.1 Å². The van der Waals surface area contributed by atoms with Crippen LogP contribution in [0.15, 0.2) is 0 Å². The molecule has 0 saturated carbocycles. The maximum absolute atomic E-state index is 12.3. The molecule has 0 aliphatic rings. The Kier molecular flexibility index (Phi) is 75.2. The smallest absolute Gasteiger partial charge is 0.550 e. The molecule has 0 amide bonds. The van der Waals surface area contributed by atoms with Crippen LogP contribution in [-0.2, 0) is 48.1 Å². The molecule has 476 valence electrons. The summed E-state index contributed by atoms with van der Waals surface area (Å²) in [6.07, 6.45) is 72.9. The summed E-state index contributed by atoms with van der Waals surface area (Å²) in [6, 6.07) is 0. The van der Waals surface area contributed by atoms with Gasteiger partial charge in [-0.2, -0.15) is 0 Å². The Bertz CT molecular complexity index is 1170. The number of rotatable bonds is 66. The first kappa shape index (κ1) is 83.7. The van der Waals surface area contributed by atoms with Gasteiger partial charge in [0.15, 0.2) is 0 Å². The van der Waals surface area contributed by atoms with Crippen molar-refractivity contribution in [3.05, 3.63) is 0 Å². The molecule has 0 saturated heterocycles. The van der Waals surface area contributed by atoms with Crippen molar-refractivity contribution in [3.63, 3.8) is 0 Å². The topological polar surface area (TPSA) is 133 Å². The largest absolute Gasteiger partial charge is 2.00 e. The molecule has 0 rings (SSSR count). The van der Waals surface area contributed by atoms with Crippen LogP contribution in [0.5, 0.6) is 0 Å². The minimum absolute atomic E-state index is 0. The fourth-order valence-electron chi connectivity index (χ4n) is 11.3. The number of carboxylic acids is 2. The summed E-state index contributed by atoms with van der Waals surface area (Å²) >= 11 is 0. The van der Waals surface area contributed by atoms with E-state index >= 15 is 0 Å². The molecule has 2 atom stereocenters. The fraction of sp³-hybridized carbons (Fsp3) is 0.944. The Hall–Kier alpha value is -1.50. The summed E-state index contributed by atoms with van der Waals surface area (Å²) in [6.45, 7) is 9.07. The van der Waals surface area contributed by atoms with Crippen molar-refractivity contribution >= 4 is 23.9 Å². The van der Waals surface area contributed by atoms with E-state index < -0.39 is 24.1 Å². The van der Waals surface area contributed by atoms with Gasteiger partial charge in [-0.3, -0.25) is 9.59 Å². The molecule has 0 fully saturated rings. The number of carboxylic acid groups (broad SMARTS) is 2. The summed E-state index contributed by atoms with van der Waals surface area (Å²) in [4.78, 5) is 46.8. The molecule has 0 radical (unpaired) electrons. The molecular formula is C72H138O8Zn. The third-order valence-corrected chi connectivity index (χ3v) is 16.6. The van der Waals surface area contributed by atoms with E-state index in [1.165, 1.54) is 308 Å². The van der Waals surface area contributed by atoms with Gasteiger partial charge in [0, 0.05) is 37.6 Å². The molecule has 0 N–H and O–H groups in total. The summed E-state index contributed by atoms with van der Waals surface area (Å²) in [5.41, 5.74) is 0. The number of carbonyl (C=O) groups excluding carboxylic acids is 4. The number of hydrogen-bond donors (Lipinski definition) is 0. The average Bonchev–Trinajstić information content (AvgIpc) is 3.43. The second-order valence-corrected chi connectivity index (χ2v) is 24.8. The zero-order valence-electron chi connectivity index (χ0n) is 55.0. The Labute approximate surface area is 517 Å². The predicted octanol–water partition coefficient (Wildman–Crippen LogP) is 21.6. The number of carbonyl (C=O) groups is 4. The van der Waals surface area contributed by atoms with Gasteiger partial charge in [-0.25, -0.2) is 0 Å². The molecule has 0 aromatic rings. The normalized spacial score (nSPS) is 11.9. The van der Waals surface area contributed by atoms with Gasteiger partial charge in [0.05, 0.1) is 0 Å². The third-order valence-electron chi connectivity index (χ3n) is 16.6. The van der Waals surface area contributed by atoms with E-state index in [4.69, 9.17) is 9.47 Å². The van der Waals surface area contributed by atoms with E-state index in [-0.39, 0.29) is 44.3 Å². The van der Waals surface area contributed by atoms with Gasteiger partial charge in [-0.1, -0.05) is 362 Å². The maximum atomic E-state index is 12.3. The van der Waals surface area contributed by atoms with E-state index in [1.807, 2.05) is 0 Å². The summed E-state index contributed by atoms with van der Waals surface area (Å²) in [5, 5.41) is 22.3. The van der Waals surface area contributed by atoms with Crippen LogP contribution in [0.4, 0.5) is 0 Å². The van der Waals surface area contributed by atoms with E-state index in [2.05, 4.69) is 27.7 Å². The van der Waals surface area contributed by atoms with E-state index in [0.717, 1.165) is 51.4 Å². The Morgan fingerprint density at radius 2 is 0.395 bits per heavy atom. The van der Waals surface area contributed by atoms with Gasteiger partial charge in [-0.15, -0.1) is 0 Å². The fourth-order valence-corrected chi connectivity index (χ4v) is 11.3. The van der Waals surface area contributed by atoms with E-state index in [1.54, 1.807) is 0 Å². The molecule has 0 heterocycles. The zero-order chi connectivity index (χ0) is 58.7. The van der Waals surface area contributed by atoms with Crippen molar-refractivity contribution in [3.8, 4) is 0 Å². The van der Waals surface area contributed by atoms with Gasteiger partial charge in [0.2, 0.25) is 0 Å². The SMILES string of the molecule is CCCCCCCCCCCCCCCCCC(=O)OC(CCCCCCCCCCCCCCC)CC(=O)[O-].CCCCCCCCCCCCCCCCCC(=O)OC(CCCCCCCCCCCCCCC)CC(=O)[O-].[Zn+2]. The summed E-state index contributed by atoms with van der Waals surface area (Å²) in [7, 11) is 0. The number of ether oxygens (including phenoxy) is 2. The first-order chi connectivity index (χ1) is 39.2. The van der Waals surface area contributed by atoms with Gasteiger partial charge in [-0.05, 0) is 38.5 Å². The van der Waals surface area contributed by atoms with Crippen LogP contribution in [0.25, 0.3) is 0 Å². The number of esters is 2. The molecular weight excluding hydrogens is 1060 g/mol. The van der Waals surface area contributed by atoms with Crippen LogP contribution in [0.1, 0.15) is 426 Å².